The van der Waals surface area contributed by atoms with E-state index in [2.05, 4.69) is 15.9 Å². The minimum absolute atomic E-state index is 0.0365. The molecule has 18 heavy (non-hydrogen) atoms. The summed E-state index contributed by atoms with van der Waals surface area (Å²) in [6.45, 7) is 0. The zero-order chi connectivity index (χ0) is 13.7. The number of carbonyl (C=O) groups is 2. The van der Waals surface area contributed by atoms with Crippen LogP contribution in [0.15, 0.2) is 27.6 Å². The minimum Gasteiger partial charge on any atom is -0.478 e. The monoisotopic (exact) mass is 331 g/mol. The number of aromatic carboxylic acids is 1. The predicted molar refractivity (Wildman–Crippen MR) is 75.1 cm³/mol. The molecule has 0 heterocycles. The maximum absolute atomic E-state index is 11.4. The average Bonchev–Trinajstić information content (AvgIpc) is 2.28. The highest BCUT2D eigenvalue weighted by Crippen LogP contribution is 2.27. The van der Waals surface area contributed by atoms with Crippen molar-refractivity contribution < 1.29 is 14.7 Å². The van der Waals surface area contributed by atoms with E-state index in [0.29, 0.717) is 17.1 Å². The van der Waals surface area contributed by atoms with Crippen LogP contribution in [0.4, 0.5) is 0 Å². The summed E-state index contributed by atoms with van der Waals surface area (Å²) >= 11 is 4.69. The van der Waals surface area contributed by atoms with Crippen molar-refractivity contribution in [2.24, 2.45) is 0 Å². The Morgan fingerprint density at radius 1 is 1.39 bits per heavy atom. The van der Waals surface area contributed by atoms with E-state index >= 15 is 0 Å². The van der Waals surface area contributed by atoms with Gasteiger partial charge in [-0.3, -0.25) is 4.79 Å². The van der Waals surface area contributed by atoms with Gasteiger partial charge < -0.3 is 10.0 Å². The molecule has 98 valence electrons. The van der Waals surface area contributed by atoms with Crippen molar-refractivity contribution in [3.05, 3.63) is 28.2 Å². The summed E-state index contributed by atoms with van der Waals surface area (Å²) in [5.41, 5.74) is 0.264. The first-order valence-electron chi connectivity index (χ1n) is 5.27. The van der Waals surface area contributed by atoms with Crippen LogP contribution in [0.25, 0.3) is 0 Å². The Labute approximate surface area is 118 Å². The van der Waals surface area contributed by atoms with Crippen LogP contribution in [0.2, 0.25) is 0 Å². The quantitative estimate of drug-likeness (QED) is 0.843. The Hall–Kier alpha value is -1.01. The van der Waals surface area contributed by atoms with Crippen LogP contribution in [-0.2, 0) is 4.79 Å². The highest BCUT2D eigenvalue weighted by molar-refractivity contribution is 9.10. The molecule has 0 aliphatic rings. The Kier molecular flexibility index (Phi) is 5.68. The molecule has 0 unspecified atom stereocenters. The van der Waals surface area contributed by atoms with Crippen molar-refractivity contribution in [3.8, 4) is 0 Å². The SMILES string of the molecule is CN(C)C(=O)CCSc1cc(Br)ccc1C(=O)O. The summed E-state index contributed by atoms with van der Waals surface area (Å²) < 4.78 is 0.828. The van der Waals surface area contributed by atoms with Crippen molar-refractivity contribution in [2.45, 2.75) is 11.3 Å². The van der Waals surface area contributed by atoms with Crippen LogP contribution in [0, 0.1) is 0 Å². The molecular weight excluding hydrogens is 318 g/mol. The molecular formula is C12H14BrNO3S. The molecule has 1 aromatic rings. The molecule has 0 fully saturated rings. The molecule has 1 rings (SSSR count). The fraction of sp³-hybridized carbons (Fsp3) is 0.333. The Morgan fingerprint density at radius 2 is 2.06 bits per heavy atom. The van der Waals surface area contributed by atoms with Gasteiger partial charge in [0.05, 0.1) is 5.56 Å². The summed E-state index contributed by atoms with van der Waals surface area (Å²) in [5, 5.41) is 9.05. The van der Waals surface area contributed by atoms with Crippen LogP contribution < -0.4 is 0 Å². The second-order valence-corrected chi connectivity index (χ2v) is 5.88. The van der Waals surface area contributed by atoms with Crippen LogP contribution in [0.5, 0.6) is 0 Å². The van der Waals surface area contributed by atoms with Gasteiger partial charge in [0, 0.05) is 35.6 Å². The zero-order valence-electron chi connectivity index (χ0n) is 10.1. The summed E-state index contributed by atoms with van der Waals surface area (Å²) in [6, 6.07) is 5.01. The van der Waals surface area contributed by atoms with E-state index in [1.54, 1.807) is 32.3 Å². The molecule has 0 bridgehead atoms. The Morgan fingerprint density at radius 3 is 2.61 bits per heavy atom. The number of amides is 1. The summed E-state index contributed by atoms with van der Waals surface area (Å²) in [5.74, 6) is -0.355. The normalized spacial score (nSPS) is 10.2. The van der Waals surface area contributed by atoms with Crippen molar-refractivity contribution in [1.29, 1.82) is 0 Å². The molecule has 0 aromatic heterocycles. The van der Waals surface area contributed by atoms with E-state index < -0.39 is 5.97 Å². The standard InChI is InChI=1S/C12H14BrNO3S/c1-14(2)11(15)5-6-18-10-7-8(13)3-4-9(10)12(16)17/h3-4,7H,5-6H2,1-2H3,(H,16,17). The molecule has 0 radical (unpaired) electrons. The van der Waals surface area contributed by atoms with Crippen molar-refractivity contribution in [3.63, 3.8) is 0 Å². The molecule has 0 saturated heterocycles. The second-order valence-electron chi connectivity index (χ2n) is 3.83. The topological polar surface area (TPSA) is 57.6 Å². The fourth-order valence-electron chi connectivity index (χ4n) is 1.26. The highest BCUT2D eigenvalue weighted by Gasteiger charge is 2.12. The predicted octanol–water partition coefficient (Wildman–Crippen LogP) is 2.72. The number of thioether (sulfide) groups is 1. The largest absolute Gasteiger partial charge is 0.478 e. The van der Waals surface area contributed by atoms with Gasteiger partial charge in [-0.1, -0.05) is 15.9 Å². The van der Waals surface area contributed by atoms with Gasteiger partial charge in [0.2, 0.25) is 5.91 Å². The van der Waals surface area contributed by atoms with E-state index in [9.17, 15) is 9.59 Å². The van der Waals surface area contributed by atoms with Crippen molar-refractivity contribution in [1.82, 2.24) is 4.90 Å². The molecule has 0 aliphatic heterocycles. The number of rotatable bonds is 5. The number of nitrogens with zero attached hydrogens (tertiary/aromatic N) is 1. The number of hydrogen-bond donors (Lipinski definition) is 1. The first-order chi connectivity index (χ1) is 8.41. The van der Waals surface area contributed by atoms with Gasteiger partial charge >= 0.3 is 5.97 Å². The first kappa shape index (κ1) is 15.0. The number of halogens is 1. The van der Waals surface area contributed by atoms with Gasteiger partial charge in [-0.15, -0.1) is 11.8 Å². The third kappa shape index (κ3) is 4.34. The van der Waals surface area contributed by atoms with E-state index in [0.717, 1.165) is 4.47 Å². The molecule has 1 N–H and O–H groups in total. The lowest BCUT2D eigenvalue weighted by atomic mass is 10.2. The highest BCUT2D eigenvalue weighted by atomic mass is 79.9. The Bertz CT molecular complexity index is 463. The van der Waals surface area contributed by atoms with E-state index in [1.165, 1.54) is 16.7 Å². The molecule has 0 atom stereocenters. The summed E-state index contributed by atoms with van der Waals surface area (Å²) in [7, 11) is 3.41. The number of hydrogen-bond acceptors (Lipinski definition) is 3. The molecule has 1 aromatic carbocycles. The van der Waals surface area contributed by atoms with Crippen LogP contribution in [-0.4, -0.2) is 41.7 Å². The molecule has 6 heteroatoms. The van der Waals surface area contributed by atoms with E-state index in [4.69, 9.17) is 5.11 Å². The molecule has 0 spiro atoms. The molecule has 0 aliphatic carbocycles. The minimum atomic E-state index is -0.955. The zero-order valence-corrected chi connectivity index (χ0v) is 12.5. The van der Waals surface area contributed by atoms with E-state index in [-0.39, 0.29) is 11.5 Å². The van der Waals surface area contributed by atoms with Crippen LogP contribution in [0.3, 0.4) is 0 Å². The number of carbonyl (C=O) groups excluding carboxylic acids is 1. The number of carboxylic acid groups (broad SMARTS) is 1. The lowest BCUT2D eigenvalue weighted by Crippen LogP contribution is -2.21. The van der Waals surface area contributed by atoms with Gasteiger partial charge in [-0.05, 0) is 18.2 Å². The van der Waals surface area contributed by atoms with Gasteiger partial charge in [0.25, 0.3) is 0 Å². The lowest BCUT2D eigenvalue weighted by molar-refractivity contribution is -0.128. The van der Waals surface area contributed by atoms with Crippen LogP contribution in [0.1, 0.15) is 16.8 Å². The smallest absolute Gasteiger partial charge is 0.336 e. The van der Waals surface area contributed by atoms with Gasteiger partial charge in [0.15, 0.2) is 0 Å². The molecule has 0 saturated carbocycles. The average molecular weight is 332 g/mol. The third-order valence-electron chi connectivity index (χ3n) is 2.25. The first-order valence-corrected chi connectivity index (χ1v) is 7.05. The van der Waals surface area contributed by atoms with E-state index in [1.807, 2.05) is 0 Å². The maximum atomic E-state index is 11.4. The number of benzene rings is 1. The maximum Gasteiger partial charge on any atom is 0.336 e. The Balaban J connectivity index is 2.69. The second kappa shape index (κ2) is 6.80. The lowest BCUT2D eigenvalue weighted by Gasteiger charge is -2.10. The van der Waals surface area contributed by atoms with Crippen molar-refractivity contribution in [2.75, 3.05) is 19.8 Å². The summed E-state index contributed by atoms with van der Waals surface area (Å²) in [4.78, 5) is 24.6. The van der Waals surface area contributed by atoms with Gasteiger partial charge in [-0.25, -0.2) is 4.79 Å². The molecule has 1 amide bonds. The van der Waals surface area contributed by atoms with Gasteiger partial charge in [-0.2, -0.15) is 0 Å². The third-order valence-corrected chi connectivity index (χ3v) is 3.80. The van der Waals surface area contributed by atoms with Crippen LogP contribution >= 0.6 is 27.7 Å². The van der Waals surface area contributed by atoms with Crippen molar-refractivity contribution >= 4 is 39.6 Å². The summed E-state index contributed by atoms with van der Waals surface area (Å²) in [6.07, 6.45) is 0.392. The number of carboxylic acids is 1. The fourth-order valence-corrected chi connectivity index (χ4v) is 2.79. The molecule has 4 nitrogen and oxygen atoms in total. The van der Waals surface area contributed by atoms with Gasteiger partial charge in [0.1, 0.15) is 0 Å².